The van der Waals surface area contributed by atoms with Crippen LogP contribution >= 0.6 is 12.6 Å². The molecule has 0 radical (unpaired) electrons. The number of nitrogens with two attached hydrogens (primary N) is 1. The fraction of sp³-hybridized carbons (Fsp3) is 0.439. The highest BCUT2D eigenvalue weighted by atomic mass is 32.1. The third kappa shape index (κ3) is 13.3. The molecule has 0 unspecified atom stereocenters. The lowest BCUT2D eigenvalue weighted by molar-refractivity contribution is -0.141. The van der Waals surface area contributed by atoms with E-state index >= 15 is 0 Å². The Hall–Kier alpha value is -6.48. The molecule has 1 saturated heterocycles. The van der Waals surface area contributed by atoms with Crippen LogP contribution in [0.2, 0.25) is 0 Å². The number of aromatic amines is 1. The highest BCUT2D eigenvalue weighted by Crippen LogP contribution is 2.21. The fourth-order valence-corrected chi connectivity index (χ4v) is 7.19. The normalized spacial score (nSPS) is 16.9. The van der Waals surface area contributed by atoms with Crippen molar-refractivity contribution in [3.8, 4) is 0 Å². The van der Waals surface area contributed by atoms with Gasteiger partial charge in [-0.25, -0.2) is 0 Å². The molecular formula is C41H53N9O11S. The first-order chi connectivity index (χ1) is 29.4. The molecule has 3 aromatic rings. The van der Waals surface area contributed by atoms with Gasteiger partial charge in [0.1, 0.15) is 42.3 Å². The molecule has 8 amide bonds. The SMILES string of the molecule is CC(=O)N1CCC[C@H]1C(=O)N[C@@H](Cc1c[nH]c2ccccc12)C(=O)N[C@@H](C)C(=O)N[C@H](C(=O)N[C@@H](CS)C(=O)N[C@@H](CC(=O)O)C(=O)N[C@@H](Cc1ccccc1)C(N)=O)[C@@H](C)O. The standard InChI is InChI=1S/C41H53N9O11S/c1-21(44-37(57)29(17-25-19-43-27-13-8-7-12-26(25)27)47-40(60)32-14-9-15-50(32)23(3)52)36(56)49-34(22(2)51)41(61)48-31(20-62)39(59)46-30(18-33(53)54)38(58)45-28(35(42)55)16-24-10-5-4-6-11-24/h4-8,10-13,19,21-22,28-32,34,43,51,62H,9,14-18,20H2,1-3H3,(H2,42,55)(H,44,57)(H,45,58)(H,46,59)(H,47,60)(H,48,61)(H,49,56)(H,53,54)/t21-,22+,28-,29-,30-,31-,32-,34-/m0/s1. The van der Waals surface area contributed by atoms with E-state index in [1.165, 1.54) is 25.7 Å². The molecule has 1 aromatic heterocycles. The number of rotatable bonds is 21. The number of aliphatic hydroxyl groups is 1. The van der Waals surface area contributed by atoms with Gasteiger partial charge in [-0.2, -0.15) is 12.6 Å². The van der Waals surface area contributed by atoms with Gasteiger partial charge < -0.3 is 57.7 Å². The second-order valence-electron chi connectivity index (χ2n) is 15.0. The van der Waals surface area contributed by atoms with E-state index in [9.17, 15) is 53.4 Å². The number of likely N-dealkylation sites (tertiary alicyclic amines) is 1. The monoisotopic (exact) mass is 879 g/mol. The molecule has 1 aliphatic rings. The van der Waals surface area contributed by atoms with Crippen LogP contribution in [0.5, 0.6) is 0 Å². The van der Waals surface area contributed by atoms with Crippen molar-refractivity contribution in [3.63, 3.8) is 0 Å². The Kier molecular flexibility index (Phi) is 17.4. The number of thiol groups is 1. The third-order valence-corrected chi connectivity index (χ3v) is 10.6. The summed E-state index contributed by atoms with van der Waals surface area (Å²) in [7, 11) is 0. The fourth-order valence-electron chi connectivity index (χ4n) is 6.93. The molecule has 21 heteroatoms. The summed E-state index contributed by atoms with van der Waals surface area (Å²) in [5, 5.41) is 35.4. The smallest absolute Gasteiger partial charge is 0.305 e. The molecule has 62 heavy (non-hydrogen) atoms. The van der Waals surface area contributed by atoms with E-state index in [1.54, 1.807) is 36.5 Å². The van der Waals surface area contributed by atoms with Crippen LogP contribution < -0.4 is 37.6 Å². The number of aromatic nitrogens is 1. The lowest BCUT2D eigenvalue weighted by Crippen LogP contribution is -2.62. The van der Waals surface area contributed by atoms with Crippen LogP contribution in [-0.2, 0) is 56.0 Å². The number of hydrogen-bond acceptors (Lipinski definition) is 11. The van der Waals surface area contributed by atoms with Crippen molar-refractivity contribution in [3.05, 3.63) is 71.9 Å². The number of carboxylic acids is 1. The number of hydrogen-bond donors (Lipinski definition) is 11. The quantitative estimate of drug-likeness (QED) is 0.0529. The van der Waals surface area contributed by atoms with Crippen LogP contribution in [-0.4, -0.2) is 134 Å². The predicted octanol–water partition coefficient (Wildman–Crippen LogP) is -1.84. The van der Waals surface area contributed by atoms with Crippen molar-refractivity contribution in [2.24, 2.45) is 5.73 Å². The average molecular weight is 880 g/mol. The third-order valence-electron chi connectivity index (χ3n) is 10.3. The molecule has 1 aliphatic heterocycles. The Labute approximate surface area is 362 Å². The first kappa shape index (κ1) is 48.2. The molecule has 2 aromatic carbocycles. The van der Waals surface area contributed by atoms with Crippen LogP contribution in [0.15, 0.2) is 60.8 Å². The molecule has 20 nitrogen and oxygen atoms in total. The van der Waals surface area contributed by atoms with E-state index in [1.807, 2.05) is 24.3 Å². The van der Waals surface area contributed by atoms with Gasteiger partial charge in [0.25, 0.3) is 0 Å². The summed E-state index contributed by atoms with van der Waals surface area (Å²) in [6.07, 6.45) is 0.198. The van der Waals surface area contributed by atoms with Gasteiger partial charge in [0.05, 0.1) is 12.5 Å². The van der Waals surface area contributed by atoms with Crippen molar-refractivity contribution < 1.29 is 53.4 Å². The van der Waals surface area contributed by atoms with E-state index in [2.05, 4.69) is 49.5 Å². The largest absolute Gasteiger partial charge is 0.481 e. The van der Waals surface area contributed by atoms with Crippen molar-refractivity contribution >= 4 is 76.8 Å². The second-order valence-corrected chi connectivity index (χ2v) is 15.4. The Morgan fingerprint density at radius 1 is 0.774 bits per heavy atom. The molecule has 334 valence electrons. The van der Waals surface area contributed by atoms with Crippen molar-refractivity contribution in [2.45, 2.75) is 101 Å². The summed E-state index contributed by atoms with van der Waals surface area (Å²) >= 11 is 4.11. The topological polar surface area (TPSA) is 311 Å². The van der Waals surface area contributed by atoms with E-state index in [4.69, 9.17) is 5.73 Å². The maximum absolute atomic E-state index is 13.8. The van der Waals surface area contributed by atoms with Crippen LogP contribution in [0.1, 0.15) is 51.2 Å². The minimum absolute atomic E-state index is 0.00297. The number of carbonyl (C=O) groups excluding carboxylic acids is 8. The van der Waals surface area contributed by atoms with Gasteiger partial charge in [-0.05, 0) is 43.9 Å². The Bertz CT molecular complexity index is 2130. The average Bonchev–Trinajstić information content (AvgIpc) is 3.89. The lowest BCUT2D eigenvalue weighted by atomic mass is 10.0. The van der Waals surface area contributed by atoms with E-state index in [-0.39, 0.29) is 18.7 Å². The summed E-state index contributed by atoms with van der Waals surface area (Å²) in [6, 6.07) is 6.27. The maximum Gasteiger partial charge on any atom is 0.305 e. The van der Waals surface area contributed by atoms with Crippen LogP contribution in [0.25, 0.3) is 10.9 Å². The molecule has 4 rings (SSSR count). The zero-order valence-corrected chi connectivity index (χ0v) is 35.3. The molecule has 11 N–H and O–H groups in total. The number of nitrogens with zero attached hydrogens (tertiary/aromatic N) is 1. The summed E-state index contributed by atoms with van der Waals surface area (Å²) < 4.78 is 0. The van der Waals surface area contributed by atoms with Crippen LogP contribution in [0.3, 0.4) is 0 Å². The first-order valence-corrected chi connectivity index (χ1v) is 20.5. The highest BCUT2D eigenvalue weighted by molar-refractivity contribution is 7.80. The van der Waals surface area contributed by atoms with Gasteiger partial charge >= 0.3 is 5.97 Å². The Morgan fingerprint density at radius 2 is 1.39 bits per heavy atom. The summed E-state index contributed by atoms with van der Waals surface area (Å²) in [5.41, 5.74) is 7.60. The number of amides is 8. The molecule has 0 spiro atoms. The number of benzene rings is 2. The van der Waals surface area contributed by atoms with E-state index in [0.717, 1.165) is 10.9 Å². The van der Waals surface area contributed by atoms with Crippen molar-refractivity contribution in [1.29, 1.82) is 0 Å². The molecule has 8 atom stereocenters. The summed E-state index contributed by atoms with van der Waals surface area (Å²) in [6.45, 7) is 4.23. The minimum atomic E-state index is -1.73. The van der Waals surface area contributed by atoms with Gasteiger partial charge in [0, 0.05) is 49.2 Å². The van der Waals surface area contributed by atoms with E-state index < -0.39 is 108 Å². The summed E-state index contributed by atoms with van der Waals surface area (Å²) in [5.74, 6) is -8.49. The van der Waals surface area contributed by atoms with Gasteiger partial charge in [-0.15, -0.1) is 0 Å². The van der Waals surface area contributed by atoms with Crippen molar-refractivity contribution in [1.82, 2.24) is 41.8 Å². The lowest BCUT2D eigenvalue weighted by Gasteiger charge is -2.28. The van der Waals surface area contributed by atoms with Gasteiger partial charge in [-0.3, -0.25) is 43.2 Å². The Balaban J connectivity index is 1.42. The van der Waals surface area contributed by atoms with Gasteiger partial charge in [-0.1, -0.05) is 48.5 Å². The second kappa shape index (κ2) is 22.4. The first-order valence-electron chi connectivity index (χ1n) is 19.9. The molecular weight excluding hydrogens is 827 g/mol. The zero-order valence-electron chi connectivity index (χ0n) is 34.4. The highest BCUT2D eigenvalue weighted by Gasteiger charge is 2.37. The number of carbonyl (C=O) groups is 9. The summed E-state index contributed by atoms with van der Waals surface area (Å²) in [4.78, 5) is 121. The number of nitrogens with one attached hydrogen (secondary N) is 7. The number of fused-ring (bicyclic) bond motifs is 1. The molecule has 2 heterocycles. The zero-order chi connectivity index (χ0) is 45.7. The molecule has 1 fully saturated rings. The molecule has 0 aliphatic carbocycles. The predicted molar refractivity (Wildman–Crippen MR) is 227 cm³/mol. The number of aliphatic carboxylic acids is 1. The number of primary amides is 1. The number of para-hydroxylation sites is 1. The van der Waals surface area contributed by atoms with Crippen molar-refractivity contribution in [2.75, 3.05) is 12.3 Å². The maximum atomic E-state index is 13.8. The molecule has 0 saturated carbocycles. The van der Waals surface area contributed by atoms with Gasteiger partial charge in [0.2, 0.25) is 47.3 Å². The number of carboxylic acid groups (broad SMARTS) is 1. The Morgan fingerprint density at radius 3 is 2.02 bits per heavy atom. The van der Waals surface area contributed by atoms with Gasteiger partial charge in [0.15, 0.2) is 0 Å². The van der Waals surface area contributed by atoms with Crippen LogP contribution in [0.4, 0.5) is 0 Å². The van der Waals surface area contributed by atoms with Crippen LogP contribution in [0, 0.1) is 0 Å². The number of aliphatic hydroxyl groups excluding tert-OH is 1. The van der Waals surface area contributed by atoms with E-state index in [0.29, 0.717) is 30.5 Å². The minimum Gasteiger partial charge on any atom is -0.481 e. The number of H-pyrrole nitrogens is 1. The molecule has 0 bridgehead atoms.